The van der Waals surface area contributed by atoms with Crippen LogP contribution in [-0.2, 0) is 5.41 Å². The number of allylic oxidation sites excluding steroid dienone is 6. The largest absolute Gasteiger partial charge is 0.310 e. The monoisotopic (exact) mass is 1180 g/mol. The lowest BCUT2D eigenvalue weighted by molar-refractivity contribution is 0.346. The predicted octanol–water partition coefficient (Wildman–Crippen LogP) is 25.4. The Kier molecular flexibility index (Phi) is 18.0. The van der Waals surface area contributed by atoms with Crippen molar-refractivity contribution in [1.29, 1.82) is 0 Å². The number of anilines is 6. The highest BCUT2D eigenvalue weighted by molar-refractivity contribution is 5.92. The summed E-state index contributed by atoms with van der Waals surface area (Å²) < 4.78 is 0. The topological polar surface area (TPSA) is 6.48 Å². The molecular formula is C89H82N2. The minimum absolute atomic E-state index is 0.169. The molecule has 12 rings (SSSR count). The van der Waals surface area contributed by atoms with Crippen LogP contribution in [0.1, 0.15) is 94.7 Å². The average Bonchev–Trinajstić information content (AvgIpc) is 0.893. The summed E-state index contributed by atoms with van der Waals surface area (Å²) in [6.45, 7) is 27.5. The third kappa shape index (κ3) is 12.7. The number of para-hydroxylation sites is 2. The molecule has 1 aliphatic rings. The quantitative estimate of drug-likeness (QED) is 0.0790. The standard InChI is InChI=1S/C89H82N2/c1-11-24-68(12-2)57-63(6)70-35-43-79(44-36-70)90(85-33-17-15-31-83(85)73-27-22-29-75(59-73)87-64(7)53-61(4)54-65(87)8)81-47-39-77(40-48-81)89(51-19-14-20-52-89)78-41-49-82(50-42-78)91(80-45-37-71(38-46-80)72-26-21-25-69(13-3)58-72)86-34-18-16-32-84(86)74-28-23-30-76(60-74)88-66(9)55-62(5)56-67(88)10/h11-13,15-18,21-50,53-60H,1-3,14,19-20,51-52H2,4-10H3/b63-57+,68-24-. The predicted molar refractivity (Wildman–Crippen MR) is 394 cm³/mol. The number of benzene rings is 11. The molecule has 1 aliphatic carbocycles. The maximum absolute atomic E-state index is 4.05. The van der Waals surface area contributed by atoms with Gasteiger partial charge in [0.2, 0.25) is 0 Å². The van der Waals surface area contributed by atoms with E-state index in [1.807, 2.05) is 24.3 Å². The van der Waals surface area contributed by atoms with Gasteiger partial charge in [0, 0.05) is 39.3 Å². The van der Waals surface area contributed by atoms with Gasteiger partial charge < -0.3 is 9.80 Å². The lowest BCUT2D eigenvalue weighted by atomic mass is 9.65. The zero-order valence-electron chi connectivity index (χ0n) is 54.0. The third-order valence-corrected chi connectivity index (χ3v) is 18.7. The SMILES string of the molecule is C=C/C=C(C=C)\C=C(/C)c1ccc(N(c2ccc(C3(c4ccc(N(c5ccc(-c6cccc(C=C)c6)cc5)c5ccccc5-c5cccc(-c6c(C)cc(C)cc6C)c5)cc4)CCCCC3)cc2)c2ccccc2-c2cccc(-c3c(C)cc(C)cc3C)c2)cc1. The van der Waals surface area contributed by atoms with E-state index in [-0.39, 0.29) is 5.41 Å². The van der Waals surface area contributed by atoms with Gasteiger partial charge in [-0.1, -0.05) is 244 Å². The van der Waals surface area contributed by atoms with Crippen molar-refractivity contribution < 1.29 is 0 Å². The number of hydrogen-bond donors (Lipinski definition) is 0. The molecule has 2 heteroatoms. The maximum Gasteiger partial charge on any atom is 0.0540 e. The maximum atomic E-state index is 4.05. The van der Waals surface area contributed by atoms with Crippen molar-refractivity contribution in [2.24, 2.45) is 0 Å². The third-order valence-electron chi connectivity index (χ3n) is 18.7. The van der Waals surface area contributed by atoms with E-state index in [9.17, 15) is 0 Å². The number of hydrogen-bond acceptors (Lipinski definition) is 2. The molecule has 0 aliphatic heterocycles. The Labute approximate surface area is 541 Å². The van der Waals surface area contributed by atoms with E-state index in [1.165, 1.54) is 108 Å². The zero-order valence-corrected chi connectivity index (χ0v) is 54.0. The van der Waals surface area contributed by atoms with E-state index in [2.05, 4.69) is 327 Å². The molecule has 1 fully saturated rings. The Morgan fingerprint density at radius 2 is 0.813 bits per heavy atom. The molecule has 11 aromatic rings. The first kappa shape index (κ1) is 61.0. The molecule has 0 saturated heterocycles. The highest BCUT2D eigenvalue weighted by Gasteiger charge is 2.36. The van der Waals surface area contributed by atoms with Crippen LogP contribution in [0.2, 0.25) is 0 Å². The minimum atomic E-state index is -0.169. The molecular weight excluding hydrogens is 1100 g/mol. The van der Waals surface area contributed by atoms with Crippen LogP contribution in [0.3, 0.4) is 0 Å². The van der Waals surface area contributed by atoms with Crippen molar-refractivity contribution in [3.63, 3.8) is 0 Å². The van der Waals surface area contributed by atoms with Gasteiger partial charge in [0.1, 0.15) is 0 Å². The molecule has 11 aromatic carbocycles. The van der Waals surface area contributed by atoms with E-state index >= 15 is 0 Å². The van der Waals surface area contributed by atoms with Crippen LogP contribution >= 0.6 is 0 Å². The van der Waals surface area contributed by atoms with Gasteiger partial charge in [0.25, 0.3) is 0 Å². The van der Waals surface area contributed by atoms with Crippen molar-refractivity contribution in [3.05, 3.63) is 348 Å². The normalized spacial score (nSPS) is 13.1. The second-order valence-corrected chi connectivity index (χ2v) is 25.0. The van der Waals surface area contributed by atoms with Crippen LogP contribution < -0.4 is 9.80 Å². The van der Waals surface area contributed by atoms with Crippen molar-refractivity contribution in [2.75, 3.05) is 9.80 Å². The van der Waals surface area contributed by atoms with Crippen molar-refractivity contribution in [1.82, 2.24) is 0 Å². The molecule has 0 heterocycles. The molecule has 0 N–H and O–H groups in total. The zero-order chi connectivity index (χ0) is 63.2. The van der Waals surface area contributed by atoms with Gasteiger partial charge in [0.05, 0.1) is 11.4 Å². The fraction of sp³-hybridized carbons (Fsp3) is 0.146. The number of nitrogens with zero attached hydrogens (tertiary/aromatic N) is 2. The van der Waals surface area contributed by atoms with Crippen molar-refractivity contribution in [2.45, 2.75) is 86.0 Å². The van der Waals surface area contributed by atoms with E-state index in [1.54, 1.807) is 0 Å². The van der Waals surface area contributed by atoms with Crippen LogP contribution in [0.4, 0.5) is 34.1 Å². The van der Waals surface area contributed by atoms with Crippen LogP contribution in [0, 0.1) is 41.5 Å². The van der Waals surface area contributed by atoms with Gasteiger partial charge in [-0.25, -0.2) is 0 Å². The molecule has 0 bridgehead atoms. The Bertz CT molecular complexity index is 4490. The second-order valence-electron chi connectivity index (χ2n) is 25.0. The Morgan fingerprint density at radius 3 is 1.26 bits per heavy atom. The van der Waals surface area contributed by atoms with E-state index in [0.717, 1.165) is 80.4 Å². The molecule has 91 heavy (non-hydrogen) atoms. The first-order valence-corrected chi connectivity index (χ1v) is 32.3. The second kappa shape index (κ2) is 26.8. The Hall–Kier alpha value is -10.3. The van der Waals surface area contributed by atoms with E-state index in [4.69, 9.17) is 0 Å². The summed E-state index contributed by atoms with van der Waals surface area (Å²) in [4.78, 5) is 4.90. The molecule has 0 amide bonds. The van der Waals surface area contributed by atoms with Crippen LogP contribution in [-0.4, -0.2) is 0 Å². The molecule has 448 valence electrons. The number of aryl methyl sites for hydroxylation is 6. The molecule has 0 spiro atoms. The summed E-state index contributed by atoms with van der Waals surface area (Å²) >= 11 is 0. The fourth-order valence-corrected chi connectivity index (χ4v) is 14.6. The molecule has 1 saturated carbocycles. The molecule has 0 aromatic heterocycles. The van der Waals surface area contributed by atoms with Gasteiger partial charge in [-0.15, -0.1) is 0 Å². The fourth-order valence-electron chi connectivity index (χ4n) is 14.6. The van der Waals surface area contributed by atoms with Crippen molar-refractivity contribution >= 4 is 45.8 Å². The summed E-state index contributed by atoms with van der Waals surface area (Å²) in [5.74, 6) is 0. The van der Waals surface area contributed by atoms with Crippen LogP contribution in [0.15, 0.2) is 292 Å². The van der Waals surface area contributed by atoms with E-state index in [0.29, 0.717) is 0 Å². The lowest BCUT2D eigenvalue weighted by Crippen LogP contribution is -2.30. The summed E-state index contributed by atoms with van der Waals surface area (Å²) in [5, 5.41) is 0. The minimum Gasteiger partial charge on any atom is -0.310 e. The Morgan fingerprint density at radius 1 is 0.396 bits per heavy atom. The number of rotatable bonds is 18. The summed E-state index contributed by atoms with van der Waals surface area (Å²) in [7, 11) is 0. The average molecular weight is 1180 g/mol. The molecule has 0 radical (unpaired) electrons. The van der Waals surface area contributed by atoms with Gasteiger partial charge in [-0.05, 0) is 240 Å². The van der Waals surface area contributed by atoms with Crippen LogP contribution in [0.25, 0.3) is 67.3 Å². The first-order chi connectivity index (χ1) is 44.3. The smallest absolute Gasteiger partial charge is 0.0540 e. The summed E-state index contributed by atoms with van der Waals surface area (Å²) in [6, 6.07) is 91.1. The molecule has 0 unspecified atom stereocenters. The van der Waals surface area contributed by atoms with Gasteiger partial charge in [-0.2, -0.15) is 0 Å². The Balaban J connectivity index is 0.944. The molecule has 0 atom stereocenters. The highest BCUT2D eigenvalue weighted by atomic mass is 15.1. The van der Waals surface area contributed by atoms with E-state index < -0.39 is 0 Å². The van der Waals surface area contributed by atoms with Gasteiger partial charge in [-0.3, -0.25) is 0 Å². The first-order valence-electron chi connectivity index (χ1n) is 32.3. The van der Waals surface area contributed by atoms with Gasteiger partial charge >= 0.3 is 0 Å². The summed E-state index contributed by atoms with van der Waals surface area (Å²) in [6.07, 6.45) is 15.5. The molecule has 2 nitrogen and oxygen atoms in total. The van der Waals surface area contributed by atoms with Gasteiger partial charge in [0.15, 0.2) is 0 Å². The highest BCUT2D eigenvalue weighted by Crippen LogP contribution is 2.49. The summed E-state index contributed by atoms with van der Waals surface area (Å²) in [5.41, 5.74) is 33.4. The van der Waals surface area contributed by atoms with Crippen molar-refractivity contribution in [3.8, 4) is 55.6 Å². The lowest BCUT2D eigenvalue weighted by Gasteiger charge is -2.39. The van der Waals surface area contributed by atoms with Crippen LogP contribution in [0.5, 0.6) is 0 Å².